The zero-order chi connectivity index (χ0) is 28.8. The van der Waals surface area contributed by atoms with Gasteiger partial charge < -0.3 is 10.1 Å². The van der Waals surface area contributed by atoms with E-state index in [2.05, 4.69) is 20.7 Å². The van der Waals surface area contributed by atoms with Crippen LogP contribution in [0.4, 0.5) is 14.5 Å². The van der Waals surface area contributed by atoms with Gasteiger partial charge in [0, 0.05) is 12.2 Å². The molecule has 0 spiro atoms. The molecule has 0 aliphatic heterocycles. The second-order valence-electron chi connectivity index (χ2n) is 8.88. The van der Waals surface area contributed by atoms with E-state index in [9.17, 15) is 18.4 Å². The third-order valence-corrected chi connectivity index (χ3v) is 7.03. The van der Waals surface area contributed by atoms with Crippen LogP contribution in [0, 0.1) is 11.6 Å². The average Bonchev–Trinajstić information content (AvgIpc) is 3.69. The number of tetrazole rings is 1. The number of amides is 2. The van der Waals surface area contributed by atoms with Crippen molar-refractivity contribution >= 4 is 28.8 Å². The molecule has 2 amide bonds. The third-order valence-electron chi connectivity index (χ3n) is 6.16. The number of nitrogens with one attached hydrogen (secondary N) is 1. The molecule has 5 rings (SSSR count). The molecule has 3 aromatic carbocycles. The Morgan fingerprint density at radius 3 is 2.29 bits per heavy atom. The highest BCUT2D eigenvalue weighted by atomic mass is 32.1. The van der Waals surface area contributed by atoms with Gasteiger partial charge in [-0.25, -0.2) is 8.78 Å². The van der Waals surface area contributed by atoms with Crippen molar-refractivity contribution in [1.29, 1.82) is 0 Å². The molecular weight excluding hydrogens is 550 g/mol. The number of rotatable bonds is 10. The minimum Gasteiger partial charge on any atom is -0.497 e. The molecule has 0 aliphatic carbocycles. The summed E-state index contributed by atoms with van der Waals surface area (Å²) in [4.78, 5) is 31.0. The molecule has 0 bridgehead atoms. The van der Waals surface area contributed by atoms with E-state index >= 15 is 0 Å². The van der Waals surface area contributed by atoms with Gasteiger partial charge in [0.1, 0.15) is 30.0 Å². The predicted molar refractivity (Wildman–Crippen MR) is 149 cm³/mol. The van der Waals surface area contributed by atoms with Gasteiger partial charge in [-0.2, -0.15) is 4.80 Å². The van der Waals surface area contributed by atoms with Crippen LogP contribution in [0.25, 0.3) is 10.7 Å². The fourth-order valence-electron chi connectivity index (χ4n) is 4.14. The van der Waals surface area contributed by atoms with Gasteiger partial charge >= 0.3 is 0 Å². The van der Waals surface area contributed by atoms with Gasteiger partial charge in [-0.05, 0) is 76.3 Å². The number of methoxy groups -OCH3 is 1. The summed E-state index contributed by atoms with van der Waals surface area (Å²) in [6.07, 6.45) is 0. The molecule has 1 atom stereocenters. The van der Waals surface area contributed by atoms with Gasteiger partial charge in [0.05, 0.1) is 12.0 Å². The van der Waals surface area contributed by atoms with Crippen molar-refractivity contribution in [1.82, 2.24) is 25.5 Å². The summed E-state index contributed by atoms with van der Waals surface area (Å²) in [6.45, 7) is -0.246. The van der Waals surface area contributed by atoms with Crippen LogP contribution < -0.4 is 15.0 Å². The first-order chi connectivity index (χ1) is 19.9. The van der Waals surface area contributed by atoms with Crippen molar-refractivity contribution < 1.29 is 23.1 Å². The van der Waals surface area contributed by atoms with Gasteiger partial charge in [-0.15, -0.1) is 21.5 Å². The maximum Gasteiger partial charge on any atom is 0.251 e. The minimum absolute atomic E-state index is 0.0796. The number of carbonyl (C=O) groups excluding carboxylic acids is 2. The number of hydrogen-bond donors (Lipinski definition) is 1. The van der Waals surface area contributed by atoms with E-state index in [0.29, 0.717) is 28.4 Å². The summed E-state index contributed by atoms with van der Waals surface area (Å²) in [5, 5.41) is 17.1. The van der Waals surface area contributed by atoms with Crippen LogP contribution in [-0.4, -0.2) is 39.1 Å². The standard InChI is InChI=1S/C29H24F2N6O3S/c1-40-24-14-12-23(13-15-24)37(26(38)18-36-34-28(33-35-36)25-3-2-16-41-25)27(20-6-10-22(31)11-7-20)29(39)32-17-19-4-8-21(30)9-5-19/h2-16,27H,17-18H2,1H3,(H,32,39)/t27-/m1/s1. The van der Waals surface area contributed by atoms with Gasteiger partial charge in [0.15, 0.2) is 0 Å². The maximum atomic E-state index is 13.9. The fraction of sp³-hybridized carbons (Fsp3) is 0.138. The third kappa shape index (κ3) is 6.61. The van der Waals surface area contributed by atoms with Crippen molar-refractivity contribution in [2.24, 2.45) is 0 Å². The average molecular weight is 575 g/mol. The molecule has 208 valence electrons. The number of nitrogens with zero attached hydrogens (tertiary/aromatic N) is 5. The number of anilines is 1. The van der Waals surface area contributed by atoms with E-state index in [-0.39, 0.29) is 13.1 Å². The SMILES string of the molecule is COc1ccc(N(C(=O)Cn2nnc(-c3cccs3)n2)[C@@H](C(=O)NCc2ccc(F)cc2)c2ccc(F)cc2)cc1. The zero-order valence-corrected chi connectivity index (χ0v) is 22.6. The van der Waals surface area contributed by atoms with Crippen LogP contribution in [-0.2, 0) is 22.7 Å². The summed E-state index contributed by atoms with van der Waals surface area (Å²) in [6, 6.07) is 20.1. The molecule has 9 nitrogen and oxygen atoms in total. The quantitative estimate of drug-likeness (QED) is 0.258. The highest BCUT2D eigenvalue weighted by Gasteiger charge is 2.33. The molecule has 0 saturated carbocycles. The smallest absolute Gasteiger partial charge is 0.251 e. The van der Waals surface area contributed by atoms with Crippen molar-refractivity contribution in [2.45, 2.75) is 19.1 Å². The second-order valence-corrected chi connectivity index (χ2v) is 9.83. The lowest BCUT2D eigenvalue weighted by Gasteiger charge is -2.31. The molecule has 0 aliphatic rings. The molecule has 0 saturated heterocycles. The van der Waals surface area contributed by atoms with Gasteiger partial charge in [0.2, 0.25) is 11.7 Å². The van der Waals surface area contributed by atoms with Crippen molar-refractivity contribution in [3.05, 3.63) is 113 Å². The highest BCUT2D eigenvalue weighted by molar-refractivity contribution is 7.13. The Labute approximate surface area is 238 Å². The van der Waals surface area contributed by atoms with E-state index in [1.54, 1.807) is 36.4 Å². The summed E-state index contributed by atoms with van der Waals surface area (Å²) in [5.41, 5.74) is 1.42. The molecule has 0 radical (unpaired) electrons. The van der Waals surface area contributed by atoms with Crippen LogP contribution >= 0.6 is 11.3 Å². The lowest BCUT2D eigenvalue weighted by molar-refractivity contribution is -0.127. The first-order valence-electron chi connectivity index (χ1n) is 12.5. The Morgan fingerprint density at radius 2 is 1.66 bits per heavy atom. The van der Waals surface area contributed by atoms with E-state index in [1.807, 2.05) is 17.5 Å². The van der Waals surface area contributed by atoms with Crippen molar-refractivity contribution in [3.8, 4) is 16.5 Å². The number of thiophene rings is 1. The Morgan fingerprint density at radius 1 is 0.976 bits per heavy atom. The molecule has 2 aromatic heterocycles. The Hall–Kier alpha value is -4.97. The lowest BCUT2D eigenvalue weighted by Crippen LogP contribution is -2.45. The number of ether oxygens (including phenoxy) is 1. The predicted octanol–water partition coefficient (Wildman–Crippen LogP) is 4.78. The summed E-state index contributed by atoms with van der Waals surface area (Å²) in [7, 11) is 1.52. The van der Waals surface area contributed by atoms with E-state index in [1.165, 1.54) is 59.7 Å². The Balaban J connectivity index is 1.50. The summed E-state index contributed by atoms with van der Waals surface area (Å²) >= 11 is 1.44. The topological polar surface area (TPSA) is 102 Å². The van der Waals surface area contributed by atoms with E-state index in [0.717, 1.165) is 9.67 Å². The fourth-order valence-corrected chi connectivity index (χ4v) is 4.79. The van der Waals surface area contributed by atoms with Gasteiger partial charge in [0.25, 0.3) is 5.91 Å². The molecule has 12 heteroatoms. The number of carbonyl (C=O) groups is 2. The van der Waals surface area contributed by atoms with Crippen LogP contribution in [0.5, 0.6) is 5.75 Å². The van der Waals surface area contributed by atoms with Crippen LogP contribution in [0.15, 0.2) is 90.3 Å². The number of benzene rings is 3. The minimum atomic E-state index is -1.20. The van der Waals surface area contributed by atoms with E-state index in [4.69, 9.17) is 4.74 Å². The molecule has 41 heavy (non-hydrogen) atoms. The van der Waals surface area contributed by atoms with Crippen LogP contribution in [0.1, 0.15) is 17.2 Å². The molecule has 0 fully saturated rings. The summed E-state index contributed by atoms with van der Waals surface area (Å²) < 4.78 is 32.5. The van der Waals surface area contributed by atoms with Crippen LogP contribution in [0.3, 0.4) is 0 Å². The van der Waals surface area contributed by atoms with Crippen molar-refractivity contribution in [3.63, 3.8) is 0 Å². The first-order valence-corrected chi connectivity index (χ1v) is 13.3. The molecule has 1 N–H and O–H groups in total. The van der Waals surface area contributed by atoms with Crippen LogP contribution in [0.2, 0.25) is 0 Å². The number of hydrogen-bond acceptors (Lipinski definition) is 7. The highest BCUT2D eigenvalue weighted by Crippen LogP contribution is 2.30. The summed E-state index contributed by atoms with van der Waals surface area (Å²) in [5.74, 6) is -1.01. The molecule has 5 aromatic rings. The molecule has 0 unspecified atom stereocenters. The largest absolute Gasteiger partial charge is 0.497 e. The van der Waals surface area contributed by atoms with Gasteiger partial charge in [-0.3, -0.25) is 14.5 Å². The first kappa shape index (κ1) is 27.6. The number of halogens is 2. The maximum absolute atomic E-state index is 13.9. The van der Waals surface area contributed by atoms with Gasteiger partial charge in [-0.1, -0.05) is 30.3 Å². The number of aromatic nitrogens is 4. The normalized spacial score (nSPS) is 11.6. The Kier molecular flexibility index (Phi) is 8.39. The lowest BCUT2D eigenvalue weighted by atomic mass is 10.0. The van der Waals surface area contributed by atoms with E-state index < -0.39 is 29.5 Å². The van der Waals surface area contributed by atoms with Crippen molar-refractivity contribution in [2.75, 3.05) is 12.0 Å². The Bertz CT molecular complexity index is 1610. The second kappa shape index (κ2) is 12.5. The molecule has 2 heterocycles. The zero-order valence-electron chi connectivity index (χ0n) is 21.8. The monoisotopic (exact) mass is 574 g/mol. The molecular formula is C29H24F2N6O3S.